The number of hydrogen-bond donors (Lipinski definition) is 0. The lowest BCUT2D eigenvalue weighted by atomic mass is 10.2. The van der Waals surface area contributed by atoms with Crippen LogP contribution < -0.4 is 0 Å². The SMILES string of the molecule is CCCCOC(=O)CN1C(=O)S/C(=C/c2ccc(Br)cc2)C1=O. The van der Waals surface area contributed by atoms with Gasteiger partial charge in [-0.05, 0) is 42.0 Å². The first-order chi connectivity index (χ1) is 11.0. The average molecular weight is 398 g/mol. The van der Waals surface area contributed by atoms with Crippen molar-refractivity contribution in [2.75, 3.05) is 13.2 Å². The predicted molar refractivity (Wildman–Crippen MR) is 92.7 cm³/mol. The normalized spacial score (nSPS) is 16.3. The summed E-state index contributed by atoms with van der Waals surface area (Å²) in [7, 11) is 0. The first-order valence-electron chi connectivity index (χ1n) is 7.18. The van der Waals surface area contributed by atoms with Crippen LogP contribution in [0.15, 0.2) is 33.6 Å². The molecule has 1 heterocycles. The van der Waals surface area contributed by atoms with E-state index in [1.807, 2.05) is 31.2 Å². The Hall–Kier alpha value is -1.60. The highest BCUT2D eigenvalue weighted by Gasteiger charge is 2.36. The molecule has 0 atom stereocenters. The molecule has 122 valence electrons. The summed E-state index contributed by atoms with van der Waals surface area (Å²) in [6.45, 7) is 1.95. The molecule has 1 aromatic rings. The molecule has 0 aliphatic carbocycles. The Bertz CT molecular complexity index is 642. The molecule has 1 aliphatic heterocycles. The van der Waals surface area contributed by atoms with Crippen LogP contribution in [0.1, 0.15) is 25.3 Å². The van der Waals surface area contributed by atoms with Gasteiger partial charge in [0.1, 0.15) is 6.54 Å². The van der Waals surface area contributed by atoms with Gasteiger partial charge in [0.25, 0.3) is 11.1 Å². The Balaban J connectivity index is 2.02. The summed E-state index contributed by atoms with van der Waals surface area (Å²) in [5.41, 5.74) is 0.809. The van der Waals surface area contributed by atoms with E-state index in [1.54, 1.807) is 6.08 Å². The monoisotopic (exact) mass is 397 g/mol. The van der Waals surface area contributed by atoms with E-state index in [0.29, 0.717) is 11.5 Å². The second kappa shape index (κ2) is 8.31. The highest BCUT2D eigenvalue weighted by Crippen LogP contribution is 2.32. The van der Waals surface area contributed by atoms with Crippen LogP contribution in [0.5, 0.6) is 0 Å². The third-order valence-electron chi connectivity index (χ3n) is 3.09. The Labute approximate surface area is 147 Å². The third-order valence-corrected chi connectivity index (χ3v) is 4.53. The fraction of sp³-hybridized carbons (Fsp3) is 0.312. The van der Waals surface area contributed by atoms with Gasteiger partial charge in [-0.1, -0.05) is 41.4 Å². The summed E-state index contributed by atoms with van der Waals surface area (Å²) < 4.78 is 5.92. The van der Waals surface area contributed by atoms with Crippen LogP contribution in [0.4, 0.5) is 4.79 Å². The molecule has 1 fully saturated rings. The molecule has 2 amide bonds. The lowest BCUT2D eigenvalue weighted by molar-refractivity contribution is -0.146. The van der Waals surface area contributed by atoms with Crippen molar-refractivity contribution in [2.24, 2.45) is 0 Å². The number of rotatable bonds is 6. The molecule has 0 aromatic heterocycles. The quantitative estimate of drug-likeness (QED) is 0.414. The molecule has 0 N–H and O–H groups in total. The predicted octanol–water partition coefficient (Wildman–Crippen LogP) is 3.83. The van der Waals surface area contributed by atoms with Gasteiger partial charge in [-0.15, -0.1) is 0 Å². The smallest absolute Gasteiger partial charge is 0.326 e. The summed E-state index contributed by atoms with van der Waals surface area (Å²) in [5, 5.41) is -0.453. The van der Waals surface area contributed by atoms with Crippen LogP contribution in [0.25, 0.3) is 6.08 Å². The number of imide groups is 1. The number of nitrogens with zero attached hydrogens (tertiary/aromatic N) is 1. The van der Waals surface area contributed by atoms with E-state index in [9.17, 15) is 14.4 Å². The maximum atomic E-state index is 12.3. The lowest BCUT2D eigenvalue weighted by Gasteiger charge is -2.11. The lowest BCUT2D eigenvalue weighted by Crippen LogP contribution is -2.34. The number of ether oxygens (including phenoxy) is 1. The van der Waals surface area contributed by atoms with Crippen molar-refractivity contribution in [2.45, 2.75) is 19.8 Å². The van der Waals surface area contributed by atoms with E-state index < -0.39 is 17.1 Å². The van der Waals surface area contributed by atoms with E-state index in [1.165, 1.54) is 0 Å². The van der Waals surface area contributed by atoms with Gasteiger partial charge < -0.3 is 4.74 Å². The van der Waals surface area contributed by atoms with Crippen LogP contribution >= 0.6 is 27.7 Å². The summed E-state index contributed by atoms with van der Waals surface area (Å²) >= 11 is 4.17. The summed E-state index contributed by atoms with van der Waals surface area (Å²) in [6.07, 6.45) is 3.31. The van der Waals surface area contributed by atoms with Crippen molar-refractivity contribution in [1.29, 1.82) is 0 Å². The van der Waals surface area contributed by atoms with Gasteiger partial charge in [-0.25, -0.2) is 0 Å². The molecule has 1 saturated heterocycles. The molecule has 2 rings (SSSR count). The number of hydrogen-bond acceptors (Lipinski definition) is 5. The van der Waals surface area contributed by atoms with Crippen molar-refractivity contribution >= 4 is 50.9 Å². The van der Waals surface area contributed by atoms with E-state index in [4.69, 9.17) is 4.74 Å². The number of halogens is 1. The zero-order valence-corrected chi connectivity index (χ0v) is 15.0. The largest absolute Gasteiger partial charge is 0.464 e. The number of thioether (sulfide) groups is 1. The van der Waals surface area contributed by atoms with E-state index in [2.05, 4.69) is 15.9 Å². The molecule has 23 heavy (non-hydrogen) atoms. The minimum Gasteiger partial charge on any atom is -0.464 e. The third kappa shape index (κ3) is 4.94. The van der Waals surface area contributed by atoms with Gasteiger partial charge in [0, 0.05) is 4.47 Å². The van der Waals surface area contributed by atoms with Gasteiger partial charge in [-0.2, -0.15) is 0 Å². The Morgan fingerprint density at radius 1 is 1.30 bits per heavy atom. The number of amides is 2. The van der Waals surface area contributed by atoms with Crippen molar-refractivity contribution in [1.82, 2.24) is 4.90 Å². The number of unbranched alkanes of at least 4 members (excludes halogenated alkanes) is 1. The fourth-order valence-corrected chi connectivity index (χ4v) is 2.95. The van der Waals surface area contributed by atoms with Crippen LogP contribution in [0, 0.1) is 0 Å². The Kier molecular flexibility index (Phi) is 6.41. The molecule has 5 nitrogen and oxygen atoms in total. The molecule has 0 unspecified atom stereocenters. The molecule has 1 aliphatic rings. The summed E-state index contributed by atoms with van der Waals surface area (Å²) in [6, 6.07) is 7.36. The highest BCUT2D eigenvalue weighted by atomic mass is 79.9. The van der Waals surface area contributed by atoms with E-state index in [-0.39, 0.29) is 6.54 Å². The molecule has 0 radical (unpaired) electrons. The van der Waals surface area contributed by atoms with Crippen molar-refractivity contribution in [3.05, 3.63) is 39.2 Å². The second-order valence-corrected chi connectivity index (χ2v) is 6.80. The van der Waals surface area contributed by atoms with Crippen LogP contribution in [0.2, 0.25) is 0 Å². The summed E-state index contributed by atoms with van der Waals surface area (Å²) in [4.78, 5) is 37.1. The van der Waals surface area contributed by atoms with Gasteiger partial charge in [-0.3, -0.25) is 19.3 Å². The number of benzene rings is 1. The fourth-order valence-electron chi connectivity index (χ4n) is 1.85. The average Bonchev–Trinajstić information content (AvgIpc) is 2.77. The number of carbonyl (C=O) groups is 3. The van der Waals surface area contributed by atoms with Crippen molar-refractivity contribution in [3.8, 4) is 0 Å². The standard InChI is InChI=1S/C16H16BrNO4S/c1-2-3-8-22-14(19)10-18-15(20)13(23-16(18)21)9-11-4-6-12(17)7-5-11/h4-7,9H,2-3,8,10H2,1H3/b13-9+. The Morgan fingerprint density at radius 2 is 2.00 bits per heavy atom. The van der Waals surface area contributed by atoms with Crippen molar-refractivity contribution < 1.29 is 19.1 Å². The van der Waals surface area contributed by atoms with E-state index in [0.717, 1.165) is 39.5 Å². The zero-order chi connectivity index (χ0) is 16.8. The molecular weight excluding hydrogens is 382 g/mol. The minimum atomic E-state index is -0.564. The maximum absolute atomic E-state index is 12.3. The van der Waals surface area contributed by atoms with Gasteiger partial charge in [0.2, 0.25) is 0 Å². The van der Waals surface area contributed by atoms with E-state index >= 15 is 0 Å². The topological polar surface area (TPSA) is 63.7 Å². The molecule has 0 bridgehead atoms. The van der Waals surface area contributed by atoms with Crippen LogP contribution in [-0.2, 0) is 14.3 Å². The second-order valence-electron chi connectivity index (χ2n) is 4.89. The van der Waals surface area contributed by atoms with Crippen molar-refractivity contribution in [3.63, 3.8) is 0 Å². The first kappa shape index (κ1) is 17.7. The highest BCUT2D eigenvalue weighted by molar-refractivity contribution is 9.10. The van der Waals surface area contributed by atoms with Crippen LogP contribution in [0.3, 0.4) is 0 Å². The molecular formula is C16H16BrNO4S. The minimum absolute atomic E-state index is 0.304. The van der Waals surface area contributed by atoms with Gasteiger partial charge in [0.05, 0.1) is 11.5 Å². The molecule has 1 aromatic carbocycles. The molecule has 0 spiro atoms. The molecule has 7 heteroatoms. The Morgan fingerprint density at radius 3 is 2.65 bits per heavy atom. The number of esters is 1. The zero-order valence-electron chi connectivity index (χ0n) is 12.6. The first-order valence-corrected chi connectivity index (χ1v) is 8.78. The van der Waals surface area contributed by atoms with Gasteiger partial charge >= 0.3 is 5.97 Å². The summed E-state index contributed by atoms with van der Waals surface area (Å²) in [5.74, 6) is -1.03. The number of carbonyl (C=O) groups excluding carboxylic acids is 3. The van der Waals surface area contributed by atoms with Gasteiger partial charge in [0.15, 0.2) is 0 Å². The molecule has 0 saturated carbocycles. The maximum Gasteiger partial charge on any atom is 0.326 e. The van der Waals surface area contributed by atoms with Crippen LogP contribution in [-0.4, -0.2) is 35.2 Å².